The maximum atomic E-state index is 13.1. The van der Waals surface area contributed by atoms with Crippen molar-refractivity contribution in [3.63, 3.8) is 0 Å². The van der Waals surface area contributed by atoms with Gasteiger partial charge in [-0.05, 0) is 24.1 Å². The van der Waals surface area contributed by atoms with Gasteiger partial charge in [0, 0.05) is 6.92 Å². The Kier molecular flexibility index (Phi) is 6.21. The van der Waals surface area contributed by atoms with E-state index in [0.717, 1.165) is 12.0 Å². The van der Waals surface area contributed by atoms with Gasteiger partial charge in [-0.25, -0.2) is 14.1 Å². The number of nitrogens with zero attached hydrogens (tertiary/aromatic N) is 3. The van der Waals surface area contributed by atoms with Crippen LogP contribution in [0.3, 0.4) is 0 Å². The minimum Gasteiger partial charge on any atom is -0.369 e. The fraction of sp³-hybridized carbons (Fsp3) is 0.412. The second-order valence-electron chi connectivity index (χ2n) is 5.86. The second-order valence-corrected chi connectivity index (χ2v) is 5.86. The Hall–Kier alpha value is -2.77. The zero-order valence-corrected chi connectivity index (χ0v) is 14.3. The van der Waals surface area contributed by atoms with E-state index in [0.29, 0.717) is 24.6 Å². The molecule has 134 valence electrons. The van der Waals surface area contributed by atoms with Gasteiger partial charge in [-0.3, -0.25) is 9.59 Å². The molecule has 1 aromatic carbocycles. The molecule has 0 aliphatic carbocycles. The van der Waals surface area contributed by atoms with E-state index in [4.69, 9.17) is 5.73 Å². The summed E-state index contributed by atoms with van der Waals surface area (Å²) >= 11 is 0. The Balaban J connectivity index is 2.36. The van der Waals surface area contributed by atoms with E-state index in [1.54, 1.807) is 16.8 Å². The van der Waals surface area contributed by atoms with Crippen molar-refractivity contribution in [2.45, 2.75) is 45.7 Å². The first kappa shape index (κ1) is 18.6. The normalized spacial score (nSPS) is 12.0. The molecule has 0 radical (unpaired) electrons. The van der Waals surface area contributed by atoms with Crippen molar-refractivity contribution in [1.29, 1.82) is 0 Å². The van der Waals surface area contributed by atoms with Gasteiger partial charge in [0.25, 0.3) is 0 Å². The molecule has 0 spiro atoms. The largest absolute Gasteiger partial charge is 0.369 e. The molecular weight excluding hydrogens is 325 g/mol. The van der Waals surface area contributed by atoms with E-state index < -0.39 is 5.91 Å². The second kappa shape index (κ2) is 8.36. The van der Waals surface area contributed by atoms with Crippen LogP contribution < -0.4 is 11.1 Å². The van der Waals surface area contributed by atoms with Gasteiger partial charge in [0.05, 0.1) is 19.0 Å². The molecule has 8 heteroatoms. The number of rotatable bonds is 8. The molecule has 0 aliphatic heterocycles. The number of carbonyl (C=O) groups is 2. The van der Waals surface area contributed by atoms with Gasteiger partial charge in [-0.15, -0.1) is 0 Å². The summed E-state index contributed by atoms with van der Waals surface area (Å²) in [5, 5.41) is 7.20. The fourth-order valence-electron chi connectivity index (χ4n) is 2.57. The van der Waals surface area contributed by atoms with Gasteiger partial charge in [0.15, 0.2) is 5.82 Å². The molecule has 1 heterocycles. The summed E-state index contributed by atoms with van der Waals surface area (Å²) in [4.78, 5) is 27.1. The molecule has 0 fully saturated rings. The van der Waals surface area contributed by atoms with Crippen LogP contribution in [0.15, 0.2) is 24.3 Å². The average molecular weight is 347 g/mol. The molecule has 0 saturated heterocycles. The third kappa shape index (κ3) is 5.37. The quantitative estimate of drug-likeness (QED) is 0.755. The maximum absolute atomic E-state index is 13.1. The van der Waals surface area contributed by atoms with Crippen LogP contribution in [0.5, 0.6) is 0 Å². The Morgan fingerprint density at radius 1 is 1.32 bits per heavy atom. The fourth-order valence-corrected chi connectivity index (χ4v) is 2.57. The number of halogens is 1. The van der Waals surface area contributed by atoms with Gasteiger partial charge >= 0.3 is 0 Å². The monoisotopic (exact) mass is 347 g/mol. The van der Waals surface area contributed by atoms with Gasteiger partial charge in [0.2, 0.25) is 11.8 Å². The highest BCUT2D eigenvalue weighted by Crippen LogP contribution is 2.19. The third-order valence-corrected chi connectivity index (χ3v) is 3.59. The van der Waals surface area contributed by atoms with E-state index in [9.17, 15) is 14.0 Å². The molecule has 1 aromatic heterocycles. The van der Waals surface area contributed by atoms with E-state index >= 15 is 0 Å². The minimum absolute atomic E-state index is 0.0810. The Morgan fingerprint density at radius 2 is 2.00 bits per heavy atom. The number of benzene rings is 1. The van der Waals surface area contributed by atoms with Crippen LogP contribution in [0.2, 0.25) is 0 Å². The number of primary amides is 1. The lowest BCUT2D eigenvalue weighted by Gasteiger charge is -2.17. The first-order valence-corrected chi connectivity index (χ1v) is 8.12. The highest BCUT2D eigenvalue weighted by molar-refractivity contribution is 5.75. The minimum atomic E-state index is -0.531. The zero-order chi connectivity index (χ0) is 18.4. The van der Waals surface area contributed by atoms with Crippen molar-refractivity contribution in [1.82, 2.24) is 20.1 Å². The van der Waals surface area contributed by atoms with Gasteiger partial charge in [-0.2, -0.15) is 5.10 Å². The topological polar surface area (TPSA) is 103 Å². The van der Waals surface area contributed by atoms with E-state index in [-0.39, 0.29) is 24.2 Å². The first-order chi connectivity index (χ1) is 11.9. The van der Waals surface area contributed by atoms with E-state index in [2.05, 4.69) is 15.4 Å². The van der Waals surface area contributed by atoms with Crippen molar-refractivity contribution in [3.05, 3.63) is 47.3 Å². The Morgan fingerprint density at radius 3 is 2.56 bits per heavy atom. The van der Waals surface area contributed by atoms with Crippen LogP contribution in [-0.4, -0.2) is 26.6 Å². The van der Waals surface area contributed by atoms with E-state index in [1.807, 2.05) is 6.92 Å². The predicted octanol–water partition coefficient (Wildman–Crippen LogP) is 1.47. The molecule has 0 saturated carbocycles. The van der Waals surface area contributed by atoms with E-state index in [1.165, 1.54) is 19.1 Å². The lowest BCUT2D eigenvalue weighted by molar-refractivity contribution is -0.120. The molecule has 0 unspecified atom stereocenters. The SMILES string of the molecule is CCC[C@H](NC(C)=O)c1nc(CC(N)=O)nn1Cc1ccc(F)cc1. The smallest absolute Gasteiger partial charge is 0.225 e. The number of aromatic nitrogens is 3. The predicted molar refractivity (Wildman–Crippen MR) is 89.9 cm³/mol. The molecule has 2 rings (SSSR count). The summed E-state index contributed by atoms with van der Waals surface area (Å²) in [5.41, 5.74) is 6.06. The Bertz CT molecular complexity index is 742. The molecule has 7 nitrogen and oxygen atoms in total. The van der Waals surface area contributed by atoms with Gasteiger partial charge in [-0.1, -0.05) is 25.5 Å². The number of hydrogen-bond acceptors (Lipinski definition) is 4. The summed E-state index contributed by atoms with van der Waals surface area (Å²) in [6.07, 6.45) is 1.43. The molecule has 2 amide bonds. The summed E-state index contributed by atoms with van der Waals surface area (Å²) < 4.78 is 14.7. The number of amides is 2. The van der Waals surface area contributed by atoms with Crippen molar-refractivity contribution in [2.24, 2.45) is 5.73 Å². The van der Waals surface area contributed by atoms with Crippen molar-refractivity contribution in [3.8, 4) is 0 Å². The highest BCUT2D eigenvalue weighted by atomic mass is 19.1. The molecule has 2 aromatic rings. The number of nitrogens with one attached hydrogen (secondary N) is 1. The molecule has 0 aliphatic rings. The molecule has 0 bridgehead atoms. The Labute approximate surface area is 145 Å². The average Bonchev–Trinajstić information content (AvgIpc) is 2.90. The molecule has 1 atom stereocenters. The van der Waals surface area contributed by atoms with Crippen LogP contribution in [0.4, 0.5) is 4.39 Å². The van der Waals surface area contributed by atoms with Crippen LogP contribution in [-0.2, 0) is 22.6 Å². The zero-order valence-electron chi connectivity index (χ0n) is 14.3. The summed E-state index contributed by atoms with van der Waals surface area (Å²) in [6.45, 7) is 3.79. The van der Waals surface area contributed by atoms with Crippen molar-refractivity contribution in [2.75, 3.05) is 0 Å². The van der Waals surface area contributed by atoms with Crippen LogP contribution in [0, 0.1) is 5.82 Å². The lowest BCUT2D eigenvalue weighted by Crippen LogP contribution is -2.28. The van der Waals surface area contributed by atoms with Gasteiger partial charge < -0.3 is 11.1 Å². The summed E-state index contributed by atoms with van der Waals surface area (Å²) in [6, 6.07) is 5.72. The maximum Gasteiger partial charge on any atom is 0.225 e. The van der Waals surface area contributed by atoms with Crippen molar-refractivity contribution < 1.29 is 14.0 Å². The standard InChI is InChI=1S/C17H22FN5O2/c1-3-4-14(20-11(2)24)17-21-16(9-15(19)25)22-23(17)10-12-5-7-13(18)8-6-12/h5-8,14H,3-4,9-10H2,1-2H3,(H2,19,25)(H,20,24)/t14-/m0/s1. The van der Waals surface area contributed by atoms with Gasteiger partial charge in [0.1, 0.15) is 11.6 Å². The number of carbonyl (C=O) groups excluding carboxylic acids is 2. The van der Waals surface area contributed by atoms with Crippen LogP contribution in [0.25, 0.3) is 0 Å². The highest BCUT2D eigenvalue weighted by Gasteiger charge is 2.21. The molecule has 25 heavy (non-hydrogen) atoms. The third-order valence-electron chi connectivity index (χ3n) is 3.59. The molecule has 3 N–H and O–H groups in total. The number of hydrogen-bond donors (Lipinski definition) is 2. The van der Waals surface area contributed by atoms with Crippen molar-refractivity contribution >= 4 is 11.8 Å². The first-order valence-electron chi connectivity index (χ1n) is 8.12. The number of nitrogens with two attached hydrogens (primary N) is 1. The van der Waals surface area contributed by atoms with Crippen LogP contribution >= 0.6 is 0 Å². The summed E-state index contributed by atoms with van der Waals surface area (Å²) in [5.74, 6) is -0.170. The molecular formula is C17H22FN5O2. The summed E-state index contributed by atoms with van der Waals surface area (Å²) in [7, 11) is 0. The van der Waals surface area contributed by atoms with Crippen LogP contribution in [0.1, 0.15) is 49.9 Å². The lowest BCUT2D eigenvalue weighted by atomic mass is 10.1.